The van der Waals surface area contributed by atoms with Gasteiger partial charge in [0.25, 0.3) is 0 Å². The summed E-state index contributed by atoms with van der Waals surface area (Å²) in [6.07, 6.45) is -0.125. The third kappa shape index (κ3) is 0.983. The molecule has 1 atom stereocenters. The molecule has 3 heteroatoms. The first-order chi connectivity index (χ1) is 5.68. The number of benzene rings is 1. The second-order valence-corrected chi connectivity index (χ2v) is 3.12. The highest BCUT2D eigenvalue weighted by molar-refractivity contribution is 5.40. The topological polar surface area (TPSA) is 38.5 Å². The summed E-state index contributed by atoms with van der Waals surface area (Å²) >= 11 is 0. The van der Waals surface area contributed by atoms with Crippen LogP contribution in [0.2, 0.25) is 0 Å². The molecule has 2 rings (SSSR count). The SMILES string of the molecule is Cc1ccc2c(c1)C(N)N(C)O2. The van der Waals surface area contributed by atoms with E-state index >= 15 is 0 Å². The highest BCUT2D eigenvalue weighted by atomic mass is 16.7. The Morgan fingerprint density at radius 2 is 2.25 bits per heavy atom. The number of nitrogens with zero attached hydrogens (tertiary/aromatic N) is 1. The van der Waals surface area contributed by atoms with Crippen LogP contribution in [-0.4, -0.2) is 12.1 Å². The molecule has 0 fully saturated rings. The number of aryl methyl sites for hydroxylation is 1. The number of hydrogen-bond acceptors (Lipinski definition) is 3. The van der Waals surface area contributed by atoms with Gasteiger partial charge in [0.2, 0.25) is 0 Å². The van der Waals surface area contributed by atoms with Crippen molar-refractivity contribution in [1.82, 2.24) is 5.06 Å². The van der Waals surface area contributed by atoms with Gasteiger partial charge < -0.3 is 10.6 Å². The molecule has 12 heavy (non-hydrogen) atoms. The van der Waals surface area contributed by atoms with Crippen LogP contribution >= 0.6 is 0 Å². The number of hydrogen-bond donors (Lipinski definition) is 1. The van der Waals surface area contributed by atoms with Crippen molar-refractivity contribution in [1.29, 1.82) is 0 Å². The van der Waals surface area contributed by atoms with E-state index in [-0.39, 0.29) is 6.17 Å². The van der Waals surface area contributed by atoms with Crippen molar-refractivity contribution in [3.05, 3.63) is 29.3 Å². The van der Waals surface area contributed by atoms with Gasteiger partial charge in [0.05, 0.1) is 0 Å². The molecule has 1 unspecified atom stereocenters. The van der Waals surface area contributed by atoms with Crippen LogP contribution in [0.15, 0.2) is 18.2 Å². The van der Waals surface area contributed by atoms with Gasteiger partial charge in [0.1, 0.15) is 6.17 Å². The predicted octanol–water partition coefficient (Wildman–Crippen LogP) is 1.19. The first-order valence-electron chi connectivity index (χ1n) is 3.95. The van der Waals surface area contributed by atoms with Crippen molar-refractivity contribution in [2.24, 2.45) is 5.73 Å². The fourth-order valence-electron chi connectivity index (χ4n) is 1.39. The molecule has 0 aromatic heterocycles. The summed E-state index contributed by atoms with van der Waals surface area (Å²) in [6, 6.07) is 6.03. The second-order valence-electron chi connectivity index (χ2n) is 3.12. The normalized spacial score (nSPS) is 22.1. The largest absolute Gasteiger partial charge is 0.404 e. The van der Waals surface area contributed by atoms with E-state index in [0.29, 0.717) is 0 Å². The van der Waals surface area contributed by atoms with Crippen LogP contribution in [0.4, 0.5) is 0 Å². The van der Waals surface area contributed by atoms with Gasteiger partial charge in [0.15, 0.2) is 5.75 Å². The Morgan fingerprint density at radius 3 is 3.00 bits per heavy atom. The summed E-state index contributed by atoms with van der Waals surface area (Å²) < 4.78 is 0. The van der Waals surface area contributed by atoms with Crippen molar-refractivity contribution in [2.45, 2.75) is 13.1 Å². The summed E-state index contributed by atoms with van der Waals surface area (Å²) in [5, 5.41) is 1.66. The zero-order chi connectivity index (χ0) is 8.72. The average molecular weight is 164 g/mol. The van der Waals surface area contributed by atoms with Crippen molar-refractivity contribution in [3.63, 3.8) is 0 Å². The minimum atomic E-state index is -0.125. The van der Waals surface area contributed by atoms with Crippen LogP contribution in [0, 0.1) is 6.92 Å². The number of fused-ring (bicyclic) bond motifs is 1. The number of nitrogens with two attached hydrogens (primary N) is 1. The summed E-state index contributed by atoms with van der Waals surface area (Å²) in [4.78, 5) is 5.38. The first-order valence-corrected chi connectivity index (χ1v) is 3.95. The van der Waals surface area contributed by atoms with Crippen LogP contribution in [0.3, 0.4) is 0 Å². The van der Waals surface area contributed by atoms with Gasteiger partial charge in [-0.25, -0.2) is 0 Å². The van der Waals surface area contributed by atoms with Gasteiger partial charge in [-0.2, -0.15) is 0 Å². The molecule has 2 N–H and O–H groups in total. The fraction of sp³-hybridized carbons (Fsp3) is 0.333. The van der Waals surface area contributed by atoms with Crippen molar-refractivity contribution < 1.29 is 4.84 Å². The minimum absolute atomic E-state index is 0.125. The third-order valence-electron chi connectivity index (χ3n) is 2.12. The van der Waals surface area contributed by atoms with Crippen molar-refractivity contribution in [2.75, 3.05) is 7.05 Å². The Labute approximate surface area is 71.7 Å². The van der Waals surface area contributed by atoms with Gasteiger partial charge in [-0.3, -0.25) is 0 Å². The lowest BCUT2D eigenvalue weighted by atomic mass is 10.1. The molecule has 0 bridgehead atoms. The monoisotopic (exact) mass is 164 g/mol. The van der Waals surface area contributed by atoms with E-state index in [1.807, 2.05) is 26.1 Å². The van der Waals surface area contributed by atoms with Gasteiger partial charge in [-0.15, -0.1) is 5.06 Å². The lowest BCUT2D eigenvalue weighted by Crippen LogP contribution is -2.27. The molecule has 0 amide bonds. The van der Waals surface area contributed by atoms with Crippen LogP contribution < -0.4 is 10.6 Å². The molecule has 1 aromatic carbocycles. The van der Waals surface area contributed by atoms with Crippen molar-refractivity contribution >= 4 is 0 Å². The molecule has 1 aliphatic heterocycles. The van der Waals surface area contributed by atoms with E-state index in [0.717, 1.165) is 11.3 Å². The second kappa shape index (κ2) is 2.47. The van der Waals surface area contributed by atoms with E-state index < -0.39 is 0 Å². The van der Waals surface area contributed by atoms with Gasteiger partial charge >= 0.3 is 0 Å². The maximum Gasteiger partial charge on any atom is 0.153 e. The Morgan fingerprint density at radius 1 is 1.50 bits per heavy atom. The third-order valence-corrected chi connectivity index (χ3v) is 2.12. The molecule has 3 nitrogen and oxygen atoms in total. The lowest BCUT2D eigenvalue weighted by molar-refractivity contribution is -0.0419. The summed E-state index contributed by atoms with van der Waals surface area (Å²) in [7, 11) is 1.83. The molecular formula is C9H12N2O. The average Bonchev–Trinajstić information content (AvgIpc) is 2.31. The molecule has 1 aromatic rings. The minimum Gasteiger partial charge on any atom is -0.404 e. The Balaban J connectivity index is 2.48. The Bertz CT molecular complexity index is 311. The molecular weight excluding hydrogens is 152 g/mol. The van der Waals surface area contributed by atoms with E-state index in [1.165, 1.54) is 5.56 Å². The van der Waals surface area contributed by atoms with Crippen LogP contribution in [0.1, 0.15) is 17.3 Å². The molecule has 0 saturated carbocycles. The van der Waals surface area contributed by atoms with E-state index in [9.17, 15) is 0 Å². The van der Waals surface area contributed by atoms with Gasteiger partial charge in [0, 0.05) is 12.6 Å². The summed E-state index contributed by atoms with van der Waals surface area (Å²) in [5.41, 5.74) is 8.14. The highest BCUT2D eigenvalue weighted by Gasteiger charge is 2.25. The zero-order valence-electron chi connectivity index (χ0n) is 7.24. The molecule has 64 valence electrons. The quantitative estimate of drug-likeness (QED) is 0.626. The standard InChI is InChI=1S/C9H12N2O/c1-6-3-4-8-7(5-6)9(10)11(2)12-8/h3-5,9H,10H2,1-2H3. The maximum absolute atomic E-state index is 5.86. The summed E-state index contributed by atoms with van der Waals surface area (Å²) in [6.45, 7) is 2.05. The molecule has 0 radical (unpaired) electrons. The lowest BCUT2D eigenvalue weighted by Gasteiger charge is -2.11. The Hall–Kier alpha value is -1.06. The van der Waals surface area contributed by atoms with Gasteiger partial charge in [-0.05, 0) is 19.1 Å². The predicted molar refractivity (Wildman–Crippen MR) is 46.5 cm³/mol. The van der Waals surface area contributed by atoms with E-state index in [1.54, 1.807) is 5.06 Å². The molecule has 0 aliphatic carbocycles. The molecule has 1 heterocycles. The number of rotatable bonds is 0. The fourth-order valence-corrected chi connectivity index (χ4v) is 1.39. The Kier molecular flexibility index (Phi) is 1.56. The van der Waals surface area contributed by atoms with Crippen LogP contribution in [0.25, 0.3) is 0 Å². The van der Waals surface area contributed by atoms with Gasteiger partial charge in [-0.1, -0.05) is 11.6 Å². The molecule has 0 spiro atoms. The number of hydroxylamine groups is 2. The van der Waals surface area contributed by atoms with Crippen molar-refractivity contribution in [3.8, 4) is 5.75 Å². The zero-order valence-corrected chi connectivity index (χ0v) is 7.24. The van der Waals surface area contributed by atoms with E-state index in [4.69, 9.17) is 10.6 Å². The van der Waals surface area contributed by atoms with Crippen LogP contribution in [-0.2, 0) is 0 Å². The summed E-state index contributed by atoms with van der Waals surface area (Å²) in [5.74, 6) is 0.871. The molecule has 0 saturated heterocycles. The smallest absolute Gasteiger partial charge is 0.153 e. The molecule has 1 aliphatic rings. The van der Waals surface area contributed by atoms with E-state index in [2.05, 4.69) is 6.07 Å². The van der Waals surface area contributed by atoms with Crippen LogP contribution in [0.5, 0.6) is 5.75 Å². The first kappa shape index (κ1) is 7.58. The maximum atomic E-state index is 5.86. The highest BCUT2D eigenvalue weighted by Crippen LogP contribution is 2.33.